The summed E-state index contributed by atoms with van der Waals surface area (Å²) in [5, 5.41) is 0. The van der Waals surface area contributed by atoms with Crippen LogP contribution in [-0.4, -0.2) is 9.55 Å². The summed E-state index contributed by atoms with van der Waals surface area (Å²) < 4.78 is 2.91. The molecule has 2 saturated carbocycles. The molecule has 0 N–H and O–H groups in total. The number of aryl methyl sites for hydroxylation is 1. The molecule has 2 fully saturated rings. The van der Waals surface area contributed by atoms with Crippen molar-refractivity contribution in [3.63, 3.8) is 0 Å². The van der Waals surface area contributed by atoms with Gasteiger partial charge in [0, 0.05) is 17.7 Å². The van der Waals surface area contributed by atoms with Crippen LogP contribution in [0.4, 0.5) is 0 Å². The maximum atomic E-state index is 5.47. The molecule has 0 saturated heterocycles. The molecule has 0 bridgehead atoms. The average molecular weight is 369 g/mol. The first kappa shape index (κ1) is 18.3. The van der Waals surface area contributed by atoms with Crippen LogP contribution in [0, 0.1) is 11.8 Å². The van der Waals surface area contributed by atoms with Crippen molar-refractivity contribution in [2.24, 2.45) is 11.8 Å². The van der Waals surface area contributed by atoms with Gasteiger partial charge in [0.25, 0.3) is 0 Å². The van der Waals surface area contributed by atoms with Gasteiger partial charge in [-0.25, -0.2) is 4.98 Å². The molecule has 150 valence electrons. The van der Waals surface area contributed by atoms with Crippen LogP contribution >= 0.6 is 0 Å². The second-order valence-electron chi connectivity index (χ2n) is 10.1. The fraction of sp³-hybridized carbons (Fsp3) is 0.880. The van der Waals surface area contributed by atoms with Crippen molar-refractivity contribution >= 4 is 0 Å². The van der Waals surface area contributed by atoms with Crippen molar-refractivity contribution in [3.8, 4) is 0 Å². The van der Waals surface area contributed by atoms with E-state index in [4.69, 9.17) is 4.98 Å². The largest absolute Gasteiger partial charge is 0.328 e. The number of hydrogen-bond donors (Lipinski definition) is 0. The molecule has 5 rings (SSSR count). The summed E-state index contributed by atoms with van der Waals surface area (Å²) in [6, 6.07) is 0.789. The van der Waals surface area contributed by atoms with Gasteiger partial charge in [-0.05, 0) is 63.2 Å². The highest BCUT2D eigenvalue weighted by Crippen LogP contribution is 2.53. The smallest absolute Gasteiger partial charge is 0.112 e. The molecular weight excluding hydrogens is 328 g/mol. The normalized spacial score (nSPS) is 35.0. The Morgan fingerprint density at radius 3 is 2.11 bits per heavy atom. The van der Waals surface area contributed by atoms with Crippen LogP contribution in [0.5, 0.6) is 0 Å². The van der Waals surface area contributed by atoms with E-state index < -0.39 is 0 Å². The minimum atomic E-state index is 0.781. The third kappa shape index (κ3) is 3.51. The molecule has 3 aliphatic carbocycles. The lowest BCUT2D eigenvalue weighted by molar-refractivity contribution is 0.113. The second-order valence-corrected chi connectivity index (χ2v) is 10.1. The van der Waals surface area contributed by atoms with Crippen LogP contribution in [-0.2, 0) is 12.8 Å². The van der Waals surface area contributed by atoms with E-state index >= 15 is 0 Å². The average Bonchev–Trinajstić information content (AvgIpc) is 2.88. The van der Waals surface area contributed by atoms with Crippen LogP contribution in [0.25, 0.3) is 0 Å². The molecule has 0 aromatic carbocycles. The van der Waals surface area contributed by atoms with E-state index in [1.165, 1.54) is 121 Å². The molecule has 4 aliphatic rings. The summed E-state index contributed by atoms with van der Waals surface area (Å²) >= 11 is 0. The first-order valence-electron chi connectivity index (χ1n) is 12.5. The van der Waals surface area contributed by atoms with Gasteiger partial charge in [0.15, 0.2) is 0 Å². The number of aromatic nitrogens is 2. The molecule has 1 aliphatic heterocycles. The van der Waals surface area contributed by atoms with Crippen LogP contribution in [0.15, 0.2) is 0 Å². The van der Waals surface area contributed by atoms with Gasteiger partial charge in [0.1, 0.15) is 5.82 Å². The van der Waals surface area contributed by atoms with Gasteiger partial charge in [0.2, 0.25) is 0 Å². The summed E-state index contributed by atoms with van der Waals surface area (Å²) in [6.07, 6.45) is 25.7. The van der Waals surface area contributed by atoms with Crippen molar-refractivity contribution in [2.75, 3.05) is 0 Å². The second kappa shape index (κ2) is 8.29. The zero-order chi connectivity index (χ0) is 18.1. The van der Waals surface area contributed by atoms with Crippen molar-refractivity contribution in [3.05, 3.63) is 17.2 Å². The van der Waals surface area contributed by atoms with E-state index in [1.807, 2.05) is 0 Å². The van der Waals surface area contributed by atoms with E-state index in [0.717, 1.165) is 23.8 Å². The molecule has 2 nitrogen and oxygen atoms in total. The van der Waals surface area contributed by atoms with E-state index in [9.17, 15) is 0 Å². The third-order valence-electron chi connectivity index (χ3n) is 8.51. The number of imidazole rings is 1. The summed E-state index contributed by atoms with van der Waals surface area (Å²) in [6.45, 7) is 0. The van der Waals surface area contributed by atoms with E-state index in [0.29, 0.717) is 0 Å². The van der Waals surface area contributed by atoms with Gasteiger partial charge in [-0.1, -0.05) is 64.2 Å². The maximum absolute atomic E-state index is 5.47. The quantitative estimate of drug-likeness (QED) is 0.476. The summed E-state index contributed by atoms with van der Waals surface area (Å²) in [5.74, 6) is 4.24. The Morgan fingerprint density at radius 2 is 1.22 bits per heavy atom. The van der Waals surface area contributed by atoms with Crippen molar-refractivity contribution in [1.29, 1.82) is 0 Å². The molecule has 1 aromatic rings. The van der Waals surface area contributed by atoms with Crippen molar-refractivity contribution in [2.45, 2.75) is 128 Å². The highest BCUT2D eigenvalue weighted by Gasteiger charge is 2.44. The predicted octanol–water partition coefficient (Wildman–Crippen LogP) is 7.12. The standard InChI is InChI=1S/C25H40N2/c1-2-10-16-22-24(18-12-3-1)27-23-17-11-5-4-7-14-20(23)19-13-8-6-9-15-21(19)25(27)26-22/h19-21,23H,1-18H2. The SMILES string of the molecule is C1CCCc2nc3n(c2CCC1)C1CCCCCCC1C1CCCCCC31. The molecule has 27 heavy (non-hydrogen) atoms. The van der Waals surface area contributed by atoms with Gasteiger partial charge in [-0.15, -0.1) is 0 Å². The number of rotatable bonds is 0. The number of hydrogen-bond acceptors (Lipinski definition) is 1. The molecule has 0 amide bonds. The lowest BCUT2D eigenvalue weighted by atomic mass is 9.68. The highest BCUT2D eigenvalue weighted by atomic mass is 15.1. The Balaban J connectivity index is 1.59. The Bertz CT molecular complexity index is 631. The van der Waals surface area contributed by atoms with E-state index in [1.54, 1.807) is 11.5 Å². The molecule has 2 heterocycles. The minimum Gasteiger partial charge on any atom is -0.328 e. The first-order valence-corrected chi connectivity index (χ1v) is 12.5. The van der Waals surface area contributed by atoms with Gasteiger partial charge in [0.05, 0.1) is 5.69 Å². The van der Waals surface area contributed by atoms with Crippen LogP contribution in [0.1, 0.15) is 132 Å². The van der Waals surface area contributed by atoms with Gasteiger partial charge < -0.3 is 4.57 Å². The molecule has 0 radical (unpaired) electrons. The predicted molar refractivity (Wildman–Crippen MR) is 112 cm³/mol. The van der Waals surface area contributed by atoms with Crippen LogP contribution in [0.3, 0.4) is 0 Å². The highest BCUT2D eigenvalue weighted by molar-refractivity contribution is 5.25. The lowest BCUT2D eigenvalue weighted by Gasteiger charge is -2.45. The van der Waals surface area contributed by atoms with Gasteiger partial charge >= 0.3 is 0 Å². The molecule has 1 aromatic heterocycles. The Hall–Kier alpha value is -0.790. The maximum Gasteiger partial charge on any atom is 0.112 e. The molecule has 2 heteroatoms. The Labute approximate surface area is 166 Å². The van der Waals surface area contributed by atoms with Crippen LogP contribution < -0.4 is 0 Å². The fourth-order valence-corrected chi connectivity index (χ4v) is 7.23. The third-order valence-corrected chi connectivity index (χ3v) is 8.51. The number of fused-ring (bicyclic) bond motifs is 8. The zero-order valence-corrected chi connectivity index (χ0v) is 17.4. The molecule has 0 spiro atoms. The zero-order valence-electron chi connectivity index (χ0n) is 17.4. The van der Waals surface area contributed by atoms with Crippen molar-refractivity contribution in [1.82, 2.24) is 9.55 Å². The first-order chi connectivity index (χ1) is 13.4. The van der Waals surface area contributed by atoms with Crippen molar-refractivity contribution < 1.29 is 0 Å². The molecule has 4 atom stereocenters. The summed E-state index contributed by atoms with van der Waals surface area (Å²) in [4.78, 5) is 5.47. The fourth-order valence-electron chi connectivity index (χ4n) is 7.23. The van der Waals surface area contributed by atoms with E-state index in [2.05, 4.69) is 4.57 Å². The number of nitrogens with zero attached hydrogens (tertiary/aromatic N) is 2. The molecular formula is C25H40N2. The molecule has 4 unspecified atom stereocenters. The summed E-state index contributed by atoms with van der Waals surface area (Å²) in [7, 11) is 0. The summed E-state index contributed by atoms with van der Waals surface area (Å²) in [5.41, 5.74) is 3.22. The van der Waals surface area contributed by atoms with Gasteiger partial charge in [-0.2, -0.15) is 0 Å². The minimum absolute atomic E-state index is 0.781. The Morgan fingerprint density at radius 1 is 0.593 bits per heavy atom. The van der Waals surface area contributed by atoms with Crippen LogP contribution in [0.2, 0.25) is 0 Å². The van der Waals surface area contributed by atoms with Gasteiger partial charge in [-0.3, -0.25) is 0 Å². The lowest BCUT2D eigenvalue weighted by Crippen LogP contribution is -2.38. The topological polar surface area (TPSA) is 17.8 Å². The Kier molecular flexibility index (Phi) is 5.61. The van der Waals surface area contributed by atoms with E-state index in [-0.39, 0.29) is 0 Å². The monoisotopic (exact) mass is 368 g/mol.